The van der Waals surface area contributed by atoms with Gasteiger partial charge in [-0.15, -0.1) is 29.3 Å². The second-order valence-electron chi connectivity index (χ2n) is 7.88. The fourth-order valence-electron chi connectivity index (χ4n) is 3.55. The van der Waals surface area contributed by atoms with Crippen LogP contribution in [-0.2, 0) is 0 Å². The normalized spacial score (nSPS) is 17.7. The van der Waals surface area contributed by atoms with E-state index in [0.717, 1.165) is 12.8 Å². The quantitative estimate of drug-likeness (QED) is 0.418. The van der Waals surface area contributed by atoms with Crippen LogP contribution in [0.1, 0.15) is 19.3 Å². The summed E-state index contributed by atoms with van der Waals surface area (Å²) in [5.41, 5.74) is 0. The van der Waals surface area contributed by atoms with Crippen molar-refractivity contribution in [1.29, 1.82) is 0 Å². The summed E-state index contributed by atoms with van der Waals surface area (Å²) in [5.74, 6) is 0.636. The summed E-state index contributed by atoms with van der Waals surface area (Å²) in [6, 6.07) is 21.4. The molecule has 0 N–H and O–H groups in total. The van der Waals surface area contributed by atoms with E-state index in [-0.39, 0.29) is 22.6 Å². The number of hydrogen-bond donors (Lipinski definition) is 0. The maximum atomic E-state index is 12.3. The van der Waals surface area contributed by atoms with Crippen molar-refractivity contribution in [2.24, 2.45) is 5.92 Å². The fourth-order valence-corrected chi connectivity index (χ4v) is 10.8. The van der Waals surface area contributed by atoms with E-state index in [1.54, 1.807) is 0 Å². The molecule has 1 nitrogen and oxygen atoms in total. The first-order chi connectivity index (χ1) is 12.4. The van der Waals surface area contributed by atoms with Gasteiger partial charge < -0.3 is 5.11 Å². The Morgan fingerprint density at radius 2 is 1.37 bits per heavy atom. The minimum Gasteiger partial charge on any atom is -0.876 e. The van der Waals surface area contributed by atoms with E-state index in [1.165, 1.54) is 9.79 Å². The molecule has 2 aromatic rings. The van der Waals surface area contributed by atoms with Gasteiger partial charge in [-0.25, -0.2) is 0 Å². The number of rotatable bonds is 6. The Labute approximate surface area is 185 Å². The summed E-state index contributed by atoms with van der Waals surface area (Å²) < 4.78 is -0.00815. The second kappa shape index (κ2) is 9.81. The molecule has 0 saturated heterocycles. The molecule has 0 saturated carbocycles. The average molecular weight is 407 g/mol. The molecule has 0 heterocycles. The first-order valence-corrected chi connectivity index (χ1v) is 14.4. The van der Waals surface area contributed by atoms with E-state index >= 15 is 0 Å². The van der Waals surface area contributed by atoms with Crippen LogP contribution in [0.2, 0.25) is 19.6 Å². The van der Waals surface area contributed by atoms with E-state index in [9.17, 15) is 5.11 Å². The molecule has 0 aliphatic heterocycles. The van der Waals surface area contributed by atoms with Gasteiger partial charge >= 0.3 is 18.9 Å². The van der Waals surface area contributed by atoms with E-state index in [4.69, 9.17) is 0 Å². The summed E-state index contributed by atoms with van der Waals surface area (Å²) in [5, 5.41) is 12.3. The van der Waals surface area contributed by atoms with Gasteiger partial charge in [-0.1, -0.05) is 62.1 Å². The van der Waals surface area contributed by atoms with Crippen molar-refractivity contribution < 1.29 is 24.0 Å². The minimum absolute atomic E-state index is 0. The molecule has 0 radical (unpaired) electrons. The van der Waals surface area contributed by atoms with Crippen LogP contribution in [0.15, 0.2) is 82.3 Å². The summed E-state index contributed by atoms with van der Waals surface area (Å²) in [6.07, 6.45) is 4.88. The zero-order valence-corrected chi connectivity index (χ0v) is 19.4. The van der Waals surface area contributed by atoms with Crippen LogP contribution in [0, 0.1) is 5.92 Å². The van der Waals surface area contributed by atoms with Crippen LogP contribution >= 0.6 is 23.5 Å². The standard InChI is InChI=1S/C22H28OS2Si.Li/c1-26(2,3)22(18-11-10-12-19(23)17-18,24-20-13-6-4-7-14-20)25-21-15-8-5-9-16-21;/h4-9,13-18,23H,10-12H2,1-3H3;/q;+1/p-1. The molecule has 1 unspecified atom stereocenters. The Morgan fingerprint density at radius 3 is 1.78 bits per heavy atom. The SMILES string of the molecule is C[Si](C)(C)C(Sc1ccccc1)(Sc1ccccc1)C1C=C([O-])CCC1.[Li+]. The molecule has 5 heteroatoms. The van der Waals surface area contributed by atoms with E-state index in [0.29, 0.717) is 18.1 Å². The smallest absolute Gasteiger partial charge is 0.876 e. The van der Waals surface area contributed by atoms with Gasteiger partial charge in [0.1, 0.15) is 0 Å². The molecular formula is C22H27LiOS2Si. The zero-order chi connectivity index (χ0) is 18.6. The van der Waals surface area contributed by atoms with Gasteiger partial charge in [0.25, 0.3) is 0 Å². The molecule has 0 fully saturated rings. The third kappa shape index (κ3) is 5.52. The van der Waals surface area contributed by atoms with Crippen molar-refractivity contribution in [2.45, 2.75) is 52.4 Å². The second-order valence-corrected chi connectivity index (χ2v) is 16.8. The van der Waals surface area contributed by atoms with Crippen LogP contribution in [0.3, 0.4) is 0 Å². The van der Waals surface area contributed by atoms with E-state index in [2.05, 4.69) is 80.3 Å². The third-order valence-corrected chi connectivity index (χ3v) is 14.4. The van der Waals surface area contributed by atoms with Crippen LogP contribution in [0.25, 0.3) is 0 Å². The number of hydrogen-bond acceptors (Lipinski definition) is 3. The Bertz CT molecular complexity index is 702. The molecule has 1 aliphatic carbocycles. The maximum Gasteiger partial charge on any atom is 1.00 e. The largest absolute Gasteiger partial charge is 1.00 e. The van der Waals surface area contributed by atoms with Crippen molar-refractivity contribution >= 4 is 31.6 Å². The molecular weight excluding hydrogens is 379 g/mol. The number of thioether (sulfide) groups is 2. The minimum atomic E-state index is -1.68. The van der Waals surface area contributed by atoms with Gasteiger partial charge in [0.2, 0.25) is 0 Å². The van der Waals surface area contributed by atoms with Gasteiger partial charge in [-0.2, -0.15) is 0 Å². The summed E-state index contributed by atoms with van der Waals surface area (Å²) in [4.78, 5) is 2.59. The first kappa shape index (κ1) is 22.8. The maximum absolute atomic E-state index is 12.3. The molecule has 1 atom stereocenters. The van der Waals surface area contributed by atoms with Crippen LogP contribution in [0.4, 0.5) is 0 Å². The van der Waals surface area contributed by atoms with Crippen molar-refractivity contribution in [3.63, 3.8) is 0 Å². The topological polar surface area (TPSA) is 23.1 Å². The van der Waals surface area contributed by atoms with Crippen molar-refractivity contribution in [3.8, 4) is 0 Å². The Kier molecular flexibility index (Phi) is 8.27. The fraction of sp³-hybridized carbons (Fsp3) is 0.364. The zero-order valence-electron chi connectivity index (χ0n) is 16.8. The summed E-state index contributed by atoms with van der Waals surface area (Å²) >= 11 is 3.98. The van der Waals surface area contributed by atoms with Gasteiger partial charge in [0.15, 0.2) is 0 Å². The average Bonchev–Trinajstić information content (AvgIpc) is 2.62. The molecule has 3 rings (SSSR count). The predicted octanol–water partition coefficient (Wildman–Crippen LogP) is 3.19. The molecule has 0 bridgehead atoms. The molecule has 0 spiro atoms. The van der Waals surface area contributed by atoms with Crippen LogP contribution in [0.5, 0.6) is 0 Å². The Morgan fingerprint density at radius 1 is 0.889 bits per heavy atom. The summed E-state index contributed by atoms with van der Waals surface area (Å²) in [6.45, 7) is 7.35. The monoisotopic (exact) mass is 406 g/mol. The predicted molar refractivity (Wildman–Crippen MR) is 116 cm³/mol. The molecule has 0 aromatic heterocycles. The third-order valence-electron chi connectivity index (χ3n) is 4.88. The van der Waals surface area contributed by atoms with Crippen LogP contribution in [-0.4, -0.2) is 11.8 Å². The summed E-state index contributed by atoms with van der Waals surface area (Å²) in [7, 11) is -1.68. The van der Waals surface area contributed by atoms with Gasteiger partial charge in [-0.3, -0.25) is 0 Å². The van der Waals surface area contributed by atoms with Gasteiger partial charge in [-0.05, 0) is 49.4 Å². The Balaban J connectivity index is 0.00000261. The van der Waals surface area contributed by atoms with Gasteiger partial charge in [0.05, 0.1) is 11.8 Å². The van der Waals surface area contributed by atoms with E-state index in [1.807, 2.05) is 29.6 Å². The van der Waals surface area contributed by atoms with Crippen molar-refractivity contribution in [1.82, 2.24) is 0 Å². The number of benzene rings is 2. The first-order valence-electron chi connectivity index (χ1n) is 9.26. The number of allylic oxidation sites excluding steroid dienone is 2. The molecule has 1 aliphatic rings. The molecule has 27 heavy (non-hydrogen) atoms. The van der Waals surface area contributed by atoms with Crippen molar-refractivity contribution in [2.75, 3.05) is 0 Å². The molecule has 0 amide bonds. The van der Waals surface area contributed by atoms with E-state index < -0.39 is 8.07 Å². The molecule has 2 aromatic carbocycles. The van der Waals surface area contributed by atoms with Crippen LogP contribution < -0.4 is 24.0 Å². The van der Waals surface area contributed by atoms with Crippen molar-refractivity contribution in [3.05, 3.63) is 72.5 Å². The van der Waals surface area contributed by atoms with Gasteiger partial charge in [0, 0.05) is 9.79 Å². The molecule has 138 valence electrons. The Hall–Kier alpha value is -0.506.